The molecular weight excluding hydrogens is 328 g/mol. The SMILES string of the molecule is CN=C(NCc1ccc(OC(C)C)nc1)NCC1Cc2ccccc2O1. The number of guanidine groups is 1. The van der Waals surface area contributed by atoms with E-state index in [1.807, 2.05) is 50.4 Å². The number of rotatable bonds is 6. The lowest BCUT2D eigenvalue weighted by Gasteiger charge is -2.15. The third kappa shape index (κ3) is 4.88. The minimum absolute atomic E-state index is 0.124. The fourth-order valence-corrected chi connectivity index (χ4v) is 2.81. The molecule has 2 aromatic rings. The zero-order valence-corrected chi connectivity index (χ0v) is 15.5. The molecule has 26 heavy (non-hydrogen) atoms. The number of hydrogen-bond acceptors (Lipinski definition) is 4. The van der Waals surface area contributed by atoms with Crippen molar-refractivity contribution in [2.75, 3.05) is 13.6 Å². The third-order valence-electron chi connectivity index (χ3n) is 4.05. The number of aromatic nitrogens is 1. The molecule has 1 aliphatic rings. The van der Waals surface area contributed by atoms with Gasteiger partial charge in [0.25, 0.3) is 0 Å². The Morgan fingerprint density at radius 2 is 2.12 bits per heavy atom. The number of hydrogen-bond donors (Lipinski definition) is 2. The summed E-state index contributed by atoms with van der Waals surface area (Å²) in [5.74, 6) is 2.37. The second-order valence-corrected chi connectivity index (χ2v) is 6.53. The summed E-state index contributed by atoms with van der Waals surface area (Å²) in [6, 6.07) is 12.1. The standard InChI is InChI=1S/C20H26N4O2/c1-14(2)25-19-9-8-15(11-22-19)12-23-20(21-3)24-13-17-10-16-6-4-5-7-18(16)26-17/h4-9,11,14,17H,10,12-13H2,1-3H3,(H2,21,23,24). The lowest BCUT2D eigenvalue weighted by molar-refractivity contribution is 0.232. The van der Waals surface area contributed by atoms with E-state index in [9.17, 15) is 0 Å². The molecule has 6 heteroatoms. The summed E-state index contributed by atoms with van der Waals surface area (Å²) in [5.41, 5.74) is 2.32. The molecule has 0 fully saturated rings. The van der Waals surface area contributed by atoms with Crippen LogP contribution in [0.4, 0.5) is 0 Å². The topological polar surface area (TPSA) is 67.8 Å². The summed E-state index contributed by atoms with van der Waals surface area (Å²) in [7, 11) is 1.76. The van der Waals surface area contributed by atoms with Crippen molar-refractivity contribution in [3.05, 3.63) is 53.7 Å². The van der Waals surface area contributed by atoms with Crippen LogP contribution in [0.3, 0.4) is 0 Å². The molecule has 0 spiro atoms. The summed E-state index contributed by atoms with van der Waals surface area (Å²) in [5, 5.41) is 6.62. The van der Waals surface area contributed by atoms with E-state index in [1.54, 1.807) is 7.05 Å². The Balaban J connectivity index is 1.44. The Morgan fingerprint density at radius 1 is 1.27 bits per heavy atom. The Kier molecular flexibility index (Phi) is 5.94. The van der Waals surface area contributed by atoms with Gasteiger partial charge >= 0.3 is 0 Å². The molecule has 1 aromatic heterocycles. The van der Waals surface area contributed by atoms with Crippen LogP contribution in [-0.4, -0.2) is 36.7 Å². The number of pyridine rings is 1. The second-order valence-electron chi connectivity index (χ2n) is 6.53. The number of fused-ring (bicyclic) bond motifs is 1. The van der Waals surface area contributed by atoms with Crippen LogP contribution in [-0.2, 0) is 13.0 Å². The van der Waals surface area contributed by atoms with E-state index in [4.69, 9.17) is 9.47 Å². The maximum Gasteiger partial charge on any atom is 0.213 e. The summed E-state index contributed by atoms with van der Waals surface area (Å²) in [6.07, 6.45) is 2.98. The maximum absolute atomic E-state index is 5.94. The normalized spacial score (nSPS) is 16.2. The number of nitrogens with one attached hydrogen (secondary N) is 2. The quantitative estimate of drug-likeness (QED) is 0.616. The molecule has 0 bridgehead atoms. The number of ether oxygens (including phenoxy) is 2. The van der Waals surface area contributed by atoms with Crippen molar-refractivity contribution in [2.24, 2.45) is 4.99 Å². The largest absolute Gasteiger partial charge is 0.488 e. The first-order valence-electron chi connectivity index (χ1n) is 8.94. The first kappa shape index (κ1) is 18.0. The molecule has 6 nitrogen and oxygen atoms in total. The van der Waals surface area contributed by atoms with Gasteiger partial charge in [0, 0.05) is 32.3 Å². The summed E-state index contributed by atoms with van der Waals surface area (Å²) in [4.78, 5) is 8.58. The van der Waals surface area contributed by atoms with E-state index < -0.39 is 0 Å². The zero-order chi connectivity index (χ0) is 18.4. The van der Waals surface area contributed by atoms with Gasteiger partial charge in [-0.25, -0.2) is 4.98 Å². The molecule has 0 amide bonds. The van der Waals surface area contributed by atoms with E-state index in [-0.39, 0.29) is 12.2 Å². The highest BCUT2D eigenvalue weighted by atomic mass is 16.5. The highest BCUT2D eigenvalue weighted by molar-refractivity contribution is 5.79. The Bertz CT molecular complexity index is 719. The molecule has 2 N–H and O–H groups in total. The van der Waals surface area contributed by atoms with Gasteiger partial charge in [-0.05, 0) is 31.0 Å². The van der Waals surface area contributed by atoms with Crippen molar-refractivity contribution in [1.82, 2.24) is 15.6 Å². The van der Waals surface area contributed by atoms with Crippen LogP contribution < -0.4 is 20.1 Å². The first-order chi connectivity index (χ1) is 12.6. The zero-order valence-electron chi connectivity index (χ0n) is 15.5. The minimum atomic E-state index is 0.124. The van der Waals surface area contributed by atoms with Gasteiger partial charge in [0.2, 0.25) is 5.88 Å². The third-order valence-corrected chi connectivity index (χ3v) is 4.05. The predicted molar refractivity (Wildman–Crippen MR) is 103 cm³/mol. The molecule has 3 rings (SSSR count). The number of aliphatic imine (C=N–C) groups is 1. The molecule has 0 saturated heterocycles. The molecule has 1 unspecified atom stereocenters. The van der Waals surface area contributed by atoms with E-state index in [2.05, 4.69) is 26.7 Å². The van der Waals surface area contributed by atoms with Crippen LogP contribution in [0.25, 0.3) is 0 Å². The number of benzene rings is 1. The highest BCUT2D eigenvalue weighted by Crippen LogP contribution is 2.27. The van der Waals surface area contributed by atoms with Crippen molar-refractivity contribution in [3.8, 4) is 11.6 Å². The van der Waals surface area contributed by atoms with Crippen LogP contribution in [0.5, 0.6) is 11.6 Å². The number of para-hydroxylation sites is 1. The predicted octanol–water partition coefficient (Wildman–Crippen LogP) is 2.54. The smallest absolute Gasteiger partial charge is 0.213 e. The first-order valence-corrected chi connectivity index (χ1v) is 8.94. The average molecular weight is 354 g/mol. The summed E-state index contributed by atoms with van der Waals surface area (Å²) < 4.78 is 11.5. The molecular formula is C20H26N4O2. The average Bonchev–Trinajstić information content (AvgIpc) is 3.05. The molecule has 0 radical (unpaired) electrons. The van der Waals surface area contributed by atoms with Crippen molar-refractivity contribution in [3.63, 3.8) is 0 Å². The van der Waals surface area contributed by atoms with Crippen molar-refractivity contribution in [1.29, 1.82) is 0 Å². The lowest BCUT2D eigenvalue weighted by Crippen LogP contribution is -2.41. The van der Waals surface area contributed by atoms with Gasteiger partial charge in [-0.2, -0.15) is 0 Å². The van der Waals surface area contributed by atoms with E-state index in [0.717, 1.165) is 23.7 Å². The Hall–Kier alpha value is -2.76. The van der Waals surface area contributed by atoms with Crippen molar-refractivity contribution < 1.29 is 9.47 Å². The van der Waals surface area contributed by atoms with E-state index in [1.165, 1.54) is 5.56 Å². The van der Waals surface area contributed by atoms with Crippen LogP contribution in [0, 0.1) is 0 Å². The molecule has 0 aliphatic carbocycles. The van der Waals surface area contributed by atoms with Gasteiger partial charge in [-0.1, -0.05) is 24.3 Å². The Labute approximate surface area is 154 Å². The summed E-state index contributed by atoms with van der Waals surface area (Å²) in [6.45, 7) is 5.31. The number of nitrogens with zero attached hydrogens (tertiary/aromatic N) is 2. The van der Waals surface area contributed by atoms with Gasteiger partial charge in [0.05, 0.1) is 12.6 Å². The molecule has 0 saturated carbocycles. The van der Waals surface area contributed by atoms with E-state index >= 15 is 0 Å². The summed E-state index contributed by atoms with van der Waals surface area (Å²) >= 11 is 0. The lowest BCUT2D eigenvalue weighted by atomic mass is 10.1. The van der Waals surface area contributed by atoms with Crippen molar-refractivity contribution >= 4 is 5.96 Å². The molecule has 1 aromatic carbocycles. The fraction of sp³-hybridized carbons (Fsp3) is 0.400. The molecule has 1 aliphatic heterocycles. The van der Waals surface area contributed by atoms with Gasteiger partial charge < -0.3 is 20.1 Å². The maximum atomic E-state index is 5.94. The monoisotopic (exact) mass is 354 g/mol. The van der Waals surface area contributed by atoms with Gasteiger partial charge in [0.15, 0.2) is 5.96 Å². The second kappa shape index (κ2) is 8.56. The van der Waals surface area contributed by atoms with Gasteiger partial charge in [-0.3, -0.25) is 4.99 Å². The van der Waals surface area contributed by atoms with Crippen LogP contribution in [0.15, 0.2) is 47.6 Å². The highest BCUT2D eigenvalue weighted by Gasteiger charge is 2.22. The Morgan fingerprint density at radius 3 is 2.81 bits per heavy atom. The van der Waals surface area contributed by atoms with Crippen LogP contribution >= 0.6 is 0 Å². The molecule has 1 atom stereocenters. The van der Waals surface area contributed by atoms with E-state index in [0.29, 0.717) is 19.0 Å². The molecule has 2 heterocycles. The van der Waals surface area contributed by atoms with Gasteiger partial charge in [0.1, 0.15) is 11.9 Å². The minimum Gasteiger partial charge on any atom is -0.488 e. The van der Waals surface area contributed by atoms with Crippen molar-refractivity contribution in [2.45, 2.75) is 39.0 Å². The fourth-order valence-electron chi connectivity index (χ4n) is 2.81. The van der Waals surface area contributed by atoms with Gasteiger partial charge in [-0.15, -0.1) is 0 Å². The van der Waals surface area contributed by atoms with Crippen LogP contribution in [0.1, 0.15) is 25.0 Å². The molecule has 138 valence electrons. The van der Waals surface area contributed by atoms with Crippen LogP contribution in [0.2, 0.25) is 0 Å².